The quantitative estimate of drug-likeness (QED) is 0.838. The highest BCUT2D eigenvalue weighted by atomic mass is 35.5. The number of carbonyl (C=O) groups excluding carboxylic acids is 1. The third-order valence-electron chi connectivity index (χ3n) is 5.49. The number of carbonyl (C=O) groups is 1. The van der Waals surface area contributed by atoms with Crippen molar-refractivity contribution in [1.29, 1.82) is 0 Å². The minimum atomic E-state index is -3.49. The molecule has 3 heterocycles. The predicted molar refractivity (Wildman–Crippen MR) is 98.7 cm³/mol. The van der Waals surface area contributed by atoms with Crippen molar-refractivity contribution in [2.24, 2.45) is 0 Å². The Labute approximate surface area is 155 Å². The first-order valence-corrected chi connectivity index (χ1v) is 10.1. The van der Waals surface area contributed by atoms with Crippen molar-refractivity contribution >= 4 is 34.0 Å². The van der Waals surface area contributed by atoms with Crippen molar-refractivity contribution < 1.29 is 13.2 Å². The van der Waals surface area contributed by atoms with E-state index in [1.165, 1.54) is 0 Å². The number of fused-ring (bicyclic) bond motifs is 3. The molecule has 3 aliphatic rings. The van der Waals surface area contributed by atoms with Gasteiger partial charge < -0.3 is 10.2 Å². The SMILES string of the molecule is CC(=O)N1CCc2cc(S(=O)(=O)N3C4CCNCC3CC4)ccc21.Cl. The second-order valence-electron chi connectivity index (χ2n) is 6.92. The lowest BCUT2D eigenvalue weighted by molar-refractivity contribution is -0.116. The van der Waals surface area contributed by atoms with Gasteiger partial charge in [0, 0.05) is 37.8 Å². The van der Waals surface area contributed by atoms with Crippen LogP contribution in [0.1, 0.15) is 31.7 Å². The van der Waals surface area contributed by atoms with E-state index < -0.39 is 10.0 Å². The van der Waals surface area contributed by atoms with Crippen LogP contribution in [-0.4, -0.2) is 50.3 Å². The summed E-state index contributed by atoms with van der Waals surface area (Å²) < 4.78 is 28.2. The zero-order valence-corrected chi connectivity index (χ0v) is 15.9. The molecule has 1 aromatic rings. The van der Waals surface area contributed by atoms with Gasteiger partial charge in [0.15, 0.2) is 0 Å². The van der Waals surface area contributed by atoms with E-state index in [9.17, 15) is 13.2 Å². The highest BCUT2D eigenvalue weighted by molar-refractivity contribution is 7.89. The Morgan fingerprint density at radius 1 is 1.20 bits per heavy atom. The number of hydrogen-bond donors (Lipinski definition) is 1. The molecule has 138 valence electrons. The van der Waals surface area contributed by atoms with E-state index in [2.05, 4.69) is 5.32 Å². The van der Waals surface area contributed by atoms with Gasteiger partial charge in [0.25, 0.3) is 0 Å². The summed E-state index contributed by atoms with van der Waals surface area (Å²) in [4.78, 5) is 13.7. The minimum absolute atomic E-state index is 0. The molecule has 1 amide bonds. The molecule has 0 aromatic heterocycles. The van der Waals surface area contributed by atoms with Crippen LogP contribution in [0.4, 0.5) is 5.69 Å². The normalized spacial score (nSPS) is 26.0. The minimum Gasteiger partial charge on any atom is -0.315 e. The fraction of sp³-hybridized carbons (Fsp3) is 0.588. The van der Waals surface area contributed by atoms with Gasteiger partial charge in [0.05, 0.1) is 4.90 Å². The van der Waals surface area contributed by atoms with Crippen molar-refractivity contribution in [3.8, 4) is 0 Å². The lowest BCUT2D eigenvalue weighted by atomic mass is 10.1. The maximum absolute atomic E-state index is 13.2. The van der Waals surface area contributed by atoms with Crippen molar-refractivity contribution in [2.45, 2.75) is 49.6 Å². The van der Waals surface area contributed by atoms with Crippen LogP contribution in [0.2, 0.25) is 0 Å². The summed E-state index contributed by atoms with van der Waals surface area (Å²) in [6.07, 6.45) is 3.47. The Bertz CT molecular complexity index is 769. The van der Waals surface area contributed by atoms with Gasteiger partial charge in [-0.15, -0.1) is 12.4 Å². The molecule has 2 saturated heterocycles. The Morgan fingerprint density at radius 3 is 2.72 bits per heavy atom. The van der Waals surface area contributed by atoms with E-state index >= 15 is 0 Å². The van der Waals surface area contributed by atoms with Crippen LogP contribution in [0.5, 0.6) is 0 Å². The van der Waals surface area contributed by atoms with Gasteiger partial charge in [-0.1, -0.05) is 0 Å². The molecule has 1 N–H and O–H groups in total. The molecule has 0 saturated carbocycles. The lowest BCUT2D eigenvalue weighted by Gasteiger charge is -2.27. The molecule has 0 aliphatic carbocycles. The third-order valence-corrected chi connectivity index (χ3v) is 7.49. The summed E-state index contributed by atoms with van der Waals surface area (Å²) >= 11 is 0. The summed E-state index contributed by atoms with van der Waals surface area (Å²) in [7, 11) is -3.49. The van der Waals surface area contributed by atoms with E-state index in [4.69, 9.17) is 0 Å². The summed E-state index contributed by atoms with van der Waals surface area (Å²) in [6.45, 7) is 3.79. The largest absolute Gasteiger partial charge is 0.315 e. The molecule has 0 radical (unpaired) electrons. The monoisotopic (exact) mass is 385 g/mol. The number of nitrogens with zero attached hydrogens (tertiary/aromatic N) is 2. The summed E-state index contributed by atoms with van der Waals surface area (Å²) in [5.41, 5.74) is 1.80. The zero-order valence-electron chi connectivity index (χ0n) is 14.3. The topological polar surface area (TPSA) is 69.7 Å². The number of amides is 1. The van der Waals surface area contributed by atoms with Crippen LogP contribution < -0.4 is 10.2 Å². The van der Waals surface area contributed by atoms with Gasteiger partial charge in [0.2, 0.25) is 15.9 Å². The first kappa shape index (κ1) is 18.6. The Hall–Kier alpha value is -1.15. The maximum atomic E-state index is 13.2. The van der Waals surface area contributed by atoms with Crippen LogP contribution in [0, 0.1) is 0 Å². The van der Waals surface area contributed by atoms with E-state index in [0.29, 0.717) is 17.9 Å². The van der Waals surface area contributed by atoms with Gasteiger partial charge in [-0.25, -0.2) is 8.42 Å². The molecule has 0 spiro atoms. The van der Waals surface area contributed by atoms with Crippen molar-refractivity contribution in [2.75, 3.05) is 24.5 Å². The Kier molecular flexibility index (Phi) is 5.12. The second kappa shape index (κ2) is 6.87. The fourth-order valence-corrected chi connectivity index (χ4v) is 6.27. The molecular weight excluding hydrogens is 362 g/mol. The van der Waals surface area contributed by atoms with Gasteiger partial charge in [-0.3, -0.25) is 4.79 Å². The van der Waals surface area contributed by atoms with Crippen molar-refractivity contribution in [3.05, 3.63) is 23.8 Å². The zero-order chi connectivity index (χ0) is 16.9. The van der Waals surface area contributed by atoms with Gasteiger partial charge in [-0.2, -0.15) is 4.31 Å². The Morgan fingerprint density at radius 2 is 1.96 bits per heavy atom. The molecule has 3 aliphatic heterocycles. The maximum Gasteiger partial charge on any atom is 0.243 e. The molecule has 25 heavy (non-hydrogen) atoms. The number of benzene rings is 1. The lowest BCUT2D eigenvalue weighted by Crippen LogP contribution is -2.42. The smallest absolute Gasteiger partial charge is 0.243 e. The summed E-state index contributed by atoms with van der Waals surface area (Å²) in [5.74, 6) is 0.000920. The molecule has 2 unspecified atom stereocenters. The number of halogens is 1. The van der Waals surface area contributed by atoms with Crippen LogP contribution in [0.3, 0.4) is 0 Å². The van der Waals surface area contributed by atoms with Crippen molar-refractivity contribution in [3.63, 3.8) is 0 Å². The van der Waals surface area contributed by atoms with Crippen LogP contribution in [0.25, 0.3) is 0 Å². The predicted octanol–water partition coefficient (Wildman–Crippen LogP) is 1.53. The van der Waals surface area contributed by atoms with Crippen molar-refractivity contribution in [1.82, 2.24) is 9.62 Å². The molecule has 2 fully saturated rings. The number of sulfonamides is 1. The average Bonchev–Trinajstić information content (AvgIpc) is 3.06. The number of anilines is 1. The third kappa shape index (κ3) is 3.07. The molecule has 6 nitrogen and oxygen atoms in total. The molecule has 1 aromatic carbocycles. The summed E-state index contributed by atoms with van der Waals surface area (Å²) in [6, 6.07) is 5.38. The van der Waals surface area contributed by atoms with E-state index in [1.54, 1.807) is 34.3 Å². The molecule has 2 bridgehead atoms. The average molecular weight is 386 g/mol. The molecular formula is C17H24ClN3O3S. The second-order valence-corrected chi connectivity index (χ2v) is 8.77. The number of hydrogen-bond acceptors (Lipinski definition) is 4. The van der Waals surface area contributed by atoms with Crippen LogP contribution in [0.15, 0.2) is 23.1 Å². The number of rotatable bonds is 2. The van der Waals surface area contributed by atoms with E-state index in [1.807, 2.05) is 0 Å². The highest BCUT2D eigenvalue weighted by Crippen LogP contribution is 2.36. The molecule has 4 rings (SSSR count). The Balaban J connectivity index is 0.00000182. The van der Waals surface area contributed by atoms with Crippen LogP contribution >= 0.6 is 12.4 Å². The van der Waals surface area contributed by atoms with Gasteiger partial charge in [-0.05, 0) is 56.0 Å². The van der Waals surface area contributed by atoms with E-state index in [-0.39, 0.29) is 30.4 Å². The standard InChI is InChI=1S/C17H23N3O3S.ClH/c1-12(21)19-9-7-13-10-16(4-5-17(13)19)24(22,23)20-14-2-3-15(20)11-18-8-6-14;/h4-5,10,14-15,18H,2-3,6-9,11H2,1H3;1H. The first-order valence-electron chi connectivity index (χ1n) is 8.64. The first-order chi connectivity index (χ1) is 11.5. The van der Waals surface area contributed by atoms with Gasteiger partial charge >= 0.3 is 0 Å². The molecule has 2 atom stereocenters. The van der Waals surface area contributed by atoms with E-state index in [0.717, 1.165) is 43.6 Å². The highest BCUT2D eigenvalue weighted by Gasteiger charge is 2.43. The van der Waals surface area contributed by atoms with Crippen LogP contribution in [-0.2, 0) is 21.2 Å². The fourth-order valence-electron chi connectivity index (χ4n) is 4.32. The van der Waals surface area contributed by atoms with Gasteiger partial charge in [0.1, 0.15) is 0 Å². The number of nitrogens with one attached hydrogen (secondary N) is 1. The summed E-state index contributed by atoms with van der Waals surface area (Å²) in [5, 5.41) is 3.34. The molecule has 8 heteroatoms.